The quantitative estimate of drug-likeness (QED) is 0.682. The van der Waals surface area contributed by atoms with Crippen LogP contribution in [0.1, 0.15) is 5.56 Å². The van der Waals surface area contributed by atoms with E-state index >= 15 is 0 Å². The topological polar surface area (TPSA) is 9.23 Å². The van der Waals surface area contributed by atoms with Crippen LogP contribution in [0.15, 0.2) is 10.5 Å². The molecule has 1 aromatic rings. The van der Waals surface area contributed by atoms with Gasteiger partial charge in [-0.25, -0.2) is 8.78 Å². The van der Waals surface area contributed by atoms with Crippen molar-refractivity contribution >= 4 is 15.9 Å². The Hall–Kier alpha value is -0.640. The maximum Gasteiger partial charge on any atom is 0.146 e. The predicted octanol–water partition coefficient (Wildman–Crippen LogP) is 3.04. The van der Waals surface area contributed by atoms with E-state index in [2.05, 4.69) is 15.9 Å². The van der Waals surface area contributed by atoms with Crippen LogP contribution in [-0.2, 0) is 0 Å². The minimum absolute atomic E-state index is 0.152. The molecule has 0 bridgehead atoms. The number of hydrogen-bond donors (Lipinski definition) is 0. The van der Waals surface area contributed by atoms with Crippen LogP contribution in [0.3, 0.4) is 0 Å². The van der Waals surface area contributed by atoms with Crippen LogP contribution in [0.4, 0.5) is 8.78 Å². The third kappa shape index (κ3) is 1.43. The lowest BCUT2D eigenvalue weighted by Crippen LogP contribution is -1.94. The predicted molar refractivity (Wildman–Crippen MR) is 45.3 cm³/mol. The van der Waals surface area contributed by atoms with Gasteiger partial charge in [0, 0.05) is 11.6 Å². The van der Waals surface area contributed by atoms with Crippen LogP contribution < -0.4 is 4.74 Å². The molecule has 1 aromatic carbocycles. The van der Waals surface area contributed by atoms with Crippen molar-refractivity contribution in [3.63, 3.8) is 0 Å². The standard InChI is InChI=1S/C8H7BrF2O/c1-4-6(12-2)3-5(10)7(9)8(4)11/h3H,1-2H3. The zero-order valence-electron chi connectivity index (χ0n) is 6.62. The monoisotopic (exact) mass is 236 g/mol. The first-order valence-corrected chi connectivity index (χ1v) is 4.05. The highest BCUT2D eigenvalue weighted by molar-refractivity contribution is 9.10. The van der Waals surface area contributed by atoms with Gasteiger partial charge in [-0.2, -0.15) is 0 Å². The Labute approximate surface area is 77.5 Å². The van der Waals surface area contributed by atoms with E-state index in [4.69, 9.17) is 4.74 Å². The molecule has 1 rings (SSSR count). The van der Waals surface area contributed by atoms with Crippen molar-refractivity contribution < 1.29 is 13.5 Å². The lowest BCUT2D eigenvalue weighted by molar-refractivity contribution is 0.401. The van der Waals surface area contributed by atoms with Crippen molar-refractivity contribution in [3.8, 4) is 5.75 Å². The normalized spacial score (nSPS) is 10.1. The van der Waals surface area contributed by atoms with Gasteiger partial charge in [-0.05, 0) is 22.9 Å². The Morgan fingerprint density at radius 3 is 2.50 bits per heavy atom. The minimum Gasteiger partial charge on any atom is -0.496 e. The minimum atomic E-state index is -0.657. The first-order valence-electron chi connectivity index (χ1n) is 3.26. The Morgan fingerprint density at radius 2 is 2.00 bits per heavy atom. The van der Waals surface area contributed by atoms with Gasteiger partial charge < -0.3 is 4.74 Å². The largest absolute Gasteiger partial charge is 0.496 e. The van der Waals surface area contributed by atoms with Crippen LogP contribution in [-0.4, -0.2) is 7.11 Å². The van der Waals surface area contributed by atoms with Gasteiger partial charge in [-0.3, -0.25) is 0 Å². The maximum atomic E-state index is 13.1. The summed E-state index contributed by atoms with van der Waals surface area (Å²) in [5, 5.41) is 0. The molecule has 0 heterocycles. The molecule has 0 aliphatic heterocycles. The molecule has 0 atom stereocenters. The summed E-state index contributed by atoms with van der Waals surface area (Å²) in [6.45, 7) is 1.53. The smallest absolute Gasteiger partial charge is 0.146 e. The molecule has 0 fully saturated rings. The number of ether oxygens (including phenoxy) is 1. The van der Waals surface area contributed by atoms with Crippen LogP contribution in [0, 0.1) is 18.6 Å². The summed E-state index contributed by atoms with van der Waals surface area (Å²) in [6, 6.07) is 1.14. The fraction of sp³-hybridized carbons (Fsp3) is 0.250. The van der Waals surface area contributed by atoms with Gasteiger partial charge in [-0.1, -0.05) is 0 Å². The second-order valence-corrected chi connectivity index (χ2v) is 3.11. The van der Waals surface area contributed by atoms with Gasteiger partial charge in [0.15, 0.2) is 0 Å². The van der Waals surface area contributed by atoms with E-state index in [9.17, 15) is 8.78 Å². The van der Waals surface area contributed by atoms with Crippen molar-refractivity contribution in [3.05, 3.63) is 27.7 Å². The van der Waals surface area contributed by atoms with Crippen molar-refractivity contribution in [1.29, 1.82) is 0 Å². The maximum absolute atomic E-state index is 13.1. The van der Waals surface area contributed by atoms with E-state index in [1.54, 1.807) is 0 Å². The molecule has 0 amide bonds. The van der Waals surface area contributed by atoms with E-state index in [-0.39, 0.29) is 10.2 Å². The Kier molecular flexibility index (Phi) is 2.67. The molecule has 0 saturated carbocycles. The van der Waals surface area contributed by atoms with Crippen molar-refractivity contribution in [1.82, 2.24) is 0 Å². The number of benzene rings is 1. The van der Waals surface area contributed by atoms with Gasteiger partial charge in [-0.15, -0.1) is 0 Å². The Balaban J connectivity index is 3.39. The van der Waals surface area contributed by atoms with E-state index in [1.807, 2.05) is 0 Å². The number of rotatable bonds is 1. The molecular weight excluding hydrogens is 230 g/mol. The highest BCUT2D eigenvalue weighted by Crippen LogP contribution is 2.29. The van der Waals surface area contributed by atoms with Gasteiger partial charge in [0.05, 0.1) is 11.6 Å². The average Bonchev–Trinajstić information content (AvgIpc) is 2.08. The lowest BCUT2D eigenvalue weighted by Gasteiger charge is -2.06. The highest BCUT2D eigenvalue weighted by atomic mass is 79.9. The summed E-state index contributed by atoms with van der Waals surface area (Å²) >= 11 is 2.79. The number of hydrogen-bond acceptors (Lipinski definition) is 1. The third-order valence-electron chi connectivity index (χ3n) is 1.58. The van der Waals surface area contributed by atoms with Crippen LogP contribution in [0.2, 0.25) is 0 Å². The molecule has 0 N–H and O–H groups in total. The molecule has 0 aliphatic carbocycles. The van der Waals surface area contributed by atoms with Crippen molar-refractivity contribution in [2.75, 3.05) is 7.11 Å². The van der Waals surface area contributed by atoms with Crippen LogP contribution >= 0.6 is 15.9 Å². The van der Waals surface area contributed by atoms with E-state index in [1.165, 1.54) is 14.0 Å². The molecule has 66 valence electrons. The van der Waals surface area contributed by atoms with Gasteiger partial charge in [0.25, 0.3) is 0 Å². The average molecular weight is 237 g/mol. The summed E-state index contributed by atoms with van der Waals surface area (Å²) < 4.78 is 30.5. The molecule has 0 unspecified atom stereocenters. The SMILES string of the molecule is COc1cc(F)c(Br)c(F)c1C. The van der Waals surface area contributed by atoms with Gasteiger partial charge in [0.1, 0.15) is 17.4 Å². The highest BCUT2D eigenvalue weighted by Gasteiger charge is 2.13. The first kappa shape index (κ1) is 9.45. The fourth-order valence-electron chi connectivity index (χ4n) is 0.876. The third-order valence-corrected chi connectivity index (χ3v) is 2.31. The van der Waals surface area contributed by atoms with Crippen LogP contribution in [0.25, 0.3) is 0 Å². The molecule has 4 heteroatoms. The molecule has 1 nitrogen and oxygen atoms in total. The van der Waals surface area contributed by atoms with Gasteiger partial charge >= 0.3 is 0 Å². The van der Waals surface area contributed by atoms with Crippen LogP contribution in [0.5, 0.6) is 5.75 Å². The number of methoxy groups -OCH3 is 1. The molecule has 0 aliphatic rings. The molecule has 0 saturated heterocycles. The lowest BCUT2D eigenvalue weighted by atomic mass is 10.2. The molecular formula is C8H7BrF2O. The second-order valence-electron chi connectivity index (χ2n) is 2.31. The molecule has 12 heavy (non-hydrogen) atoms. The summed E-state index contributed by atoms with van der Waals surface area (Å²) in [5.74, 6) is -1.06. The number of halogens is 3. The molecule has 0 aromatic heterocycles. The first-order chi connectivity index (χ1) is 5.57. The Morgan fingerprint density at radius 1 is 1.42 bits per heavy atom. The molecule has 0 spiro atoms. The van der Waals surface area contributed by atoms with E-state index in [0.717, 1.165) is 6.07 Å². The van der Waals surface area contributed by atoms with E-state index in [0.29, 0.717) is 5.56 Å². The summed E-state index contributed by atoms with van der Waals surface area (Å²) in [6.07, 6.45) is 0. The van der Waals surface area contributed by atoms with Gasteiger partial charge in [0.2, 0.25) is 0 Å². The summed E-state index contributed by atoms with van der Waals surface area (Å²) in [4.78, 5) is 0. The fourth-order valence-corrected chi connectivity index (χ4v) is 1.29. The zero-order valence-corrected chi connectivity index (χ0v) is 8.21. The van der Waals surface area contributed by atoms with E-state index < -0.39 is 11.6 Å². The van der Waals surface area contributed by atoms with Crippen molar-refractivity contribution in [2.24, 2.45) is 0 Å². The molecule has 0 radical (unpaired) electrons. The summed E-state index contributed by atoms with van der Waals surface area (Å²) in [7, 11) is 1.37. The summed E-state index contributed by atoms with van der Waals surface area (Å²) in [5.41, 5.74) is 0.297. The zero-order chi connectivity index (χ0) is 9.30. The van der Waals surface area contributed by atoms with Crippen molar-refractivity contribution in [2.45, 2.75) is 6.92 Å². The Bertz CT molecular complexity index is 312. The second kappa shape index (κ2) is 3.39.